The largest absolute Gasteiger partial charge is 0.414 e. The van der Waals surface area contributed by atoms with Crippen LogP contribution in [0, 0.1) is 0 Å². The van der Waals surface area contributed by atoms with E-state index in [9.17, 15) is 18.0 Å². The smallest absolute Gasteiger partial charge is 0.383 e. The first-order valence-electron chi connectivity index (χ1n) is 4.34. The fraction of sp³-hybridized carbons (Fsp3) is 0.333. The Balaban J connectivity index is 2.49. The number of hydrogen-bond acceptors (Lipinski definition) is 3. The van der Waals surface area contributed by atoms with Gasteiger partial charge in [-0.25, -0.2) is 0 Å². The summed E-state index contributed by atoms with van der Waals surface area (Å²) in [4.78, 5) is 14.8. The predicted octanol–water partition coefficient (Wildman–Crippen LogP) is 1.33. The molecule has 1 aromatic rings. The van der Waals surface area contributed by atoms with Gasteiger partial charge in [-0.05, 0) is 12.1 Å². The van der Waals surface area contributed by atoms with E-state index >= 15 is 0 Å². The Morgan fingerprint density at radius 2 is 2.00 bits per heavy atom. The van der Waals surface area contributed by atoms with Crippen LogP contribution in [0.4, 0.5) is 18.9 Å². The van der Waals surface area contributed by atoms with Gasteiger partial charge < -0.3 is 10.4 Å². The second kappa shape index (κ2) is 4.93. The first kappa shape index (κ1) is 12.4. The maximum Gasteiger partial charge on any atom is 0.414 e. The molecule has 1 heterocycles. The minimum atomic E-state index is -4.78. The van der Waals surface area contributed by atoms with E-state index in [1.54, 1.807) is 0 Å². The molecule has 0 radical (unpaired) electrons. The van der Waals surface area contributed by atoms with Gasteiger partial charge >= 0.3 is 6.18 Å². The molecule has 0 bridgehead atoms. The summed E-state index contributed by atoms with van der Waals surface area (Å²) < 4.78 is 35.7. The number of anilines is 1. The number of aliphatic hydroxyl groups is 1. The first-order chi connectivity index (χ1) is 7.39. The summed E-state index contributed by atoms with van der Waals surface area (Å²) in [5.74, 6) is -0.906. The minimum absolute atomic E-state index is 0.328. The quantitative estimate of drug-likeness (QED) is 0.829. The van der Waals surface area contributed by atoms with Crippen LogP contribution in [0.2, 0.25) is 0 Å². The standard InChI is InChI=1S/C9H9F3N2O2/c10-9(11,12)7(15)5-8(16)14-6-1-3-13-4-2-6/h1-4,7,15H,5H2,(H,13,14,16). The number of halogens is 3. The van der Waals surface area contributed by atoms with Gasteiger partial charge in [0.1, 0.15) is 0 Å². The van der Waals surface area contributed by atoms with Crippen LogP contribution in [0.1, 0.15) is 6.42 Å². The molecular formula is C9H9F3N2O2. The number of nitrogens with zero attached hydrogens (tertiary/aromatic N) is 1. The first-order valence-corrected chi connectivity index (χ1v) is 4.34. The molecule has 16 heavy (non-hydrogen) atoms. The van der Waals surface area contributed by atoms with Crippen LogP contribution < -0.4 is 5.32 Å². The van der Waals surface area contributed by atoms with Gasteiger partial charge in [0.15, 0.2) is 6.10 Å². The number of carbonyl (C=O) groups is 1. The number of amides is 1. The summed E-state index contributed by atoms with van der Waals surface area (Å²) in [7, 11) is 0. The zero-order valence-corrected chi connectivity index (χ0v) is 8.03. The van der Waals surface area contributed by atoms with Gasteiger partial charge in [0.25, 0.3) is 0 Å². The van der Waals surface area contributed by atoms with Gasteiger partial charge in [-0.2, -0.15) is 13.2 Å². The summed E-state index contributed by atoms with van der Waals surface area (Å²) in [6.45, 7) is 0. The zero-order chi connectivity index (χ0) is 12.2. The molecule has 1 atom stereocenters. The van der Waals surface area contributed by atoms with Crippen molar-refractivity contribution in [2.45, 2.75) is 18.7 Å². The molecule has 0 saturated carbocycles. The van der Waals surface area contributed by atoms with Crippen LogP contribution in [0.15, 0.2) is 24.5 Å². The molecular weight excluding hydrogens is 225 g/mol. The molecule has 0 aromatic carbocycles. The minimum Gasteiger partial charge on any atom is -0.383 e. The van der Waals surface area contributed by atoms with Gasteiger partial charge in [0.2, 0.25) is 5.91 Å². The lowest BCUT2D eigenvalue weighted by Gasteiger charge is -2.13. The van der Waals surface area contributed by atoms with E-state index in [-0.39, 0.29) is 0 Å². The Hall–Kier alpha value is -1.63. The lowest BCUT2D eigenvalue weighted by atomic mass is 10.2. The third-order valence-electron chi connectivity index (χ3n) is 1.72. The Morgan fingerprint density at radius 1 is 1.44 bits per heavy atom. The summed E-state index contributed by atoms with van der Waals surface area (Å²) in [5, 5.41) is 10.8. The molecule has 0 aliphatic heterocycles. The van der Waals surface area contributed by atoms with Crippen molar-refractivity contribution in [3.63, 3.8) is 0 Å². The lowest BCUT2D eigenvalue weighted by Crippen LogP contribution is -2.32. The average Bonchev–Trinajstić information content (AvgIpc) is 2.17. The normalized spacial score (nSPS) is 13.2. The second-order valence-electron chi connectivity index (χ2n) is 3.05. The van der Waals surface area contributed by atoms with E-state index in [0.29, 0.717) is 5.69 Å². The van der Waals surface area contributed by atoms with Crippen molar-refractivity contribution in [2.24, 2.45) is 0 Å². The van der Waals surface area contributed by atoms with Crippen LogP contribution in [0.3, 0.4) is 0 Å². The number of hydrogen-bond donors (Lipinski definition) is 2. The monoisotopic (exact) mass is 234 g/mol. The van der Waals surface area contributed by atoms with Crippen molar-refractivity contribution in [2.75, 3.05) is 5.32 Å². The highest BCUT2D eigenvalue weighted by atomic mass is 19.4. The molecule has 1 aromatic heterocycles. The molecule has 2 N–H and O–H groups in total. The number of rotatable bonds is 3. The maximum absolute atomic E-state index is 11.9. The summed E-state index contributed by atoms with van der Waals surface area (Å²) in [5.41, 5.74) is 0.328. The van der Waals surface area contributed by atoms with Crippen LogP contribution in [0.5, 0.6) is 0 Å². The number of pyridine rings is 1. The van der Waals surface area contributed by atoms with E-state index in [1.807, 2.05) is 0 Å². The van der Waals surface area contributed by atoms with E-state index in [1.165, 1.54) is 24.5 Å². The van der Waals surface area contributed by atoms with E-state index in [0.717, 1.165) is 0 Å². The number of nitrogens with one attached hydrogen (secondary N) is 1. The maximum atomic E-state index is 11.9. The predicted molar refractivity (Wildman–Crippen MR) is 49.5 cm³/mol. The Morgan fingerprint density at radius 3 is 2.50 bits per heavy atom. The average molecular weight is 234 g/mol. The van der Waals surface area contributed by atoms with Crippen molar-refractivity contribution in [1.82, 2.24) is 4.98 Å². The molecule has 4 nitrogen and oxygen atoms in total. The van der Waals surface area contributed by atoms with Crippen molar-refractivity contribution in [3.05, 3.63) is 24.5 Å². The van der Waals surface area contributed by atoms with Crippen LogP contribution >= 0.6 is 0 Å². The highest BCUT2D eigenvalue weighted by Crippen LogP contribution is 2.22. The SMILES string of the molecule is O=C(CC(O)C(F)(F)F)Nc1ccncc1. The van der Waals surface area contributed by atoms with Crippen LogP contribution in [-0.4, -0.2) is 28.3 Å². The fourth-order valence-corrected chi connectivity index (χ4v) is 0.939. The summed E-state index contributed by atoms with van der Waals surface area (Å²) in [6.07, 6.45) is -5.68. The van der Waals surface area contributed by atoms with Crippen molar-refractivity contribution >= 4 is 11.6 Å². The van der Waals surface area contributed by atoms with Crippen LogP contribution in [-0.2, 0) is 4.79 Å². The molecule has 0 saturated heterocycles. The molecule has 1 unspecified atom stereocenters. The number of aromatic nitrogens is 1. The highest BCUT2D eigenvalue weighted by Gasteiger charge is 2.39. The molecule has 0 fully saturated rings. The Labute approximate surface area is 89.1 Å². The zero-order valence-electron chi connectivity index (χ0n) is 8.03. The lowest BCUT2D eigenvalue weighted by molar-refractivity contribution is -0.205. The summed E-state index contributed by atoms with van der Waals surface area (Å²) in [6, 6.07) is 2.86. The van der Waals surface area contributed by atoms with Gasteiger partial charge in [0, 0.05) is 18.1 Å². The topological polar surface area (TPSA) is 62.2 Å². The van der Waals surface area contributed by atoms with E-state index in [4.69, 9.17) is 5.11 Å². The molecule has 0 aliphatic rings. The van der Waals surface area contributed by atoms with E-state index in [2.05, 4.69) is 10.3 Å². The fourth-order valence-electron chi connectivity index (χ4n) is 0.939. The van der Waals surface area contributed by atoms with Gasteiger partial charge in [-0.1, -0.05) is 0 Å². The summed E-state index contributed by atoms with van der Waals surface area (Å²) >= 11 is 0. The third-order valence-corrected chi connectivity index (χ3v) is 1.72. The van der Waals surface area contributed by atoms with Gasteiger partial charge in [0.05, 0.1) is 6.42 Å². The Bertz CT molecular complexity index is 354. The highest BCUT2D eigenvalue weighted by molar-refractivity contribution is 5.90. The number of carbonyl (C=O) groups excluding carboxylic acids is 1. The van der Waals surface area contributed by atoms with Crippen molar-refractivity contribution in [3.8, 4) is 0 Å². The Kier molecular flexibility index (Phi) is 3.83. The molecule has 7 heteroatoms. The van der Waals surface area contributed by atoms with Crippen molar-refractivity contribution < 1.29 is 23.1 Å². The number of alkyl halides is 3. The third kappa shape index (κ3) is 3.85. The second-order valence-corrected chi connectivity index (χ2v) is 3.05. The molecule has 1 amide bonds. The molecule has 1 rings (SSSR count). The van der Waals surface area contributed by atoms with Crippen LogP contribution in [0.25, 0.3) is 0 Å². The van der Waals surface area contributed by atoms with E-state index < -0.39 is 24.6 Å². The van der Waals surface area contributed by atoms with Crippen molar-refractivity contribution in [1.29, 1.82) is 0 Å². The molecule has 0 spiro atoms. The number of aliphatic hydroxyl groups excluding tert-OH is 1. The van der Waals surface area contributed by atoms with Gasteiger partial charge in [-0.3, -0.25) is 9.78 Å². The molecule has 0 aliphatic carbocycles. The molecule has 88 valence electrons. The van der Waals surface area contributed by atoms with Gasteiger partial charge in [-0.15, -0.1) is 0 Å².